The largest absolute Gasteiger partial charge is 2.00 e. The van der Waals surface area contributed by atoms with Gasteiger partial charge in [0.1, 0.15) is 0 Å². The molecular formula is C7H12CuN6S2. The van der Waals surface area contributed by atoms with Gasteiger partial charge in [-0.05, 0) is 23.7 Å². The van der Waals surface area contributed by atoms with Crippen LogP contribution >= 0.6 is 0 Å². The second-order valence-electron chi connectivity index (χ2n) is 2.46. The van der Waals surface area contributed by atoms with E-state index in [2.05, 4.69) is 45.7 Å². The molecule has 0 bridgehead atoms. The van der Waals surface area contributed by atoms with Crippen LogP contribution in [0.2, 0.25) is 0 Å². The van der Waals surface area contributed by atoms with Crippen LogP contribution in [0.15, 0.2) is 20.4 Å². The summed E-state index contributed by atoms with van der Waals surface area (Å²) in [5.74, 6) is 0. The molecule has 93 valence electrons. The summed E-state index contributed by atoms with van der Waals surface area (Å²) in [6.07, 6.45) is 0.633. The van der Waals surface area contributed by atoms with Gasteiger partial charge in [-0.25, -0.2) is 0 Å². The summed E-state index contributed by atoms with van der Waals surface area (Å²) in [5.41, 5.74) is 11.5. The van der Waals surface area contributed by atoms with Crippen molar-refractivity contribution < 1.29 is 17.1 Å². The number of amidine groups is 2. The fourth-order valence-corrected chi connectivity index (χ4v) is 0.772. The summed E-state index contributed by atoms with van der Waals surface area (Å²) in [4.78, 5) is 0. The molecule has 0 unspecified atom stereocenters. The van der Waals surface area contributed by atoms with Crippen molar-refractivity contribution >= 4 is 47.0 Å². The van der Waals surface area contributed by atoms with E-state index in [1.807, 2.05) is 6.92 Å². The molecule has 0 saturated carbocycles. The van der Waals surface area contributed by atoms with Gasteiger partial charge in [-0.15, -0.1) is 0 Å². The Morgan fingerprint density at radius 1 is 1.00 bits per heavy atom. The van der Waals surface area contributed by atoms with E-state index in [4.69, 9.17) is 11.5 Å². The molecule has 0 spiro atoms. The molecule has 0 aliphatic rings. The molecule has 0 aliphatic carbocycles. The smallest absolute Gasteiger partial charge is 0.741 e. The fourth-order valence-electron chi connectivity index (χ4n) is 0.691. The minimum atomic E-state index is -0.0314. The van der Waals surface area contributed by atoms with Crippen molar-refractivity contribution in [3.05, 3.63) is 0 Å². The van der Waals surface area contributed by atoms with Gasteiger partial charge in [0.05, 0.1) is 11.4 Å². The van der Waals surface area contributed by atoms with Crippen LogP contribution in [0.4, 0.5) is 0 Å². The maximum Gasteiger partial charge on any atom is 2.00 e. The predicted molar refractivity (Wildman–Crippen MR) is 68.8 cm³/mol. The molecule has 0 saturated heterocycles. The Morgan fingerprint density at radius 3 is 1.81 bits per heavy atom. The number of rotatable bonds is 4. The molecule has 0 fully saturated rings. The Balaban J connectivity index is 0. The molecule has 6 nitrogen and oxygen atoms in total. The normalized spacial score (nSPS) is 14.6. The van der Waals surface area contributed by atoms with E-state index >= 15 is 0 Å². The average Bonchev–Trinajstić information content (AvgIpc) is 2.15. The summed E-state index contributed by atoms with van der Waals surface area (Å²) in [6, 6.07) is 0. The van der Waals surface area contributed by atoms with Gasteiger partial charge in [-0.2, -0.15) is 20.4 Å². The van der Waals surface area contributed by atoms with Gasteiger partial charge in [0, 0.05) is 0 Å². The van der Waals surface area contributed by atoms with E-state index in [-0.39, 0.29) is 27.4 Å². The summed E-state index contributed by atoms with van der Waals surface area (Å²) in [6.45, 7) is 3.62. The molecule has 0 rings (SSSR count). The van der Waals surface area contributed by atoms with Crippen LogP contribution in [0.1, 0.15) is 20.3 Å². The van der Waals surface area contributed by atoms with Gasteiger partial charge < -0.3 is 36.7 Å². The number of hydrogen-bond donors (Lipinski definition) is 2. The molecule has 16 heavy (non-hydrogen) atoms. The minimum absolute atomic E-state index is 0. The first kappa shape index (κ1) is 17.6. The second-order valence-corrected chi connectivity index (χ2v) is 3.30. The van der Waals surface area contributed by atoms with Gasteiger partial charge in [0.15, 0.2) is 0 Å². The third-order valence-electron chi connectivity index (χ3n) is 1.32. The number of nitrogens with two attached hydrogens (primary N) is 2. The first-order valence-corrected chi connectivity index (χ1v) is 4.91. The topological polar surface area (TPSA) is 101 Å². The third-order valence-corrected chi connectivity index (χ3v) is 1.48. The molecule has 0 aliphatic heterocycles. The monoisotopic (exact) mass is 307 g/mol. The van der Waals surface area contributed by atoms with Crippen LogP contribution in [0.3, 0.4) is 0 Å². The van der Waals surface area contributed by atoms with Crippen molar-refractivity contribution in [3.8, 4) is 0 Å². The zero-order valence-corrected chi connectivity index (χ0v) is 11.3. The quantitative estimate of drug-likeness (QED) is 0.248. The van der Waals surface area contributed by atoms with Crippen molar-refractivity contribution in [1.29, 1.82) is 0 Å². The van der Waals surface area contributed by atoms with E-state index in [1.165, 1.54) is 0 Å². The first-order chi connectivity index (χ1) is 6.97. The standard InChI is InChI=1S/C7H14N6S2.Cu/c1-3-5(11-13-7(9)15)4(2)10-12-6(8)14;/h3H2,1-2H3,(H3,8,12,14)(H3,9,13,15);/q;+2/p-2/b10-4+,11-5+;. The maximum absolute atomic E-state index is 5.17. The Labute approximate surface area is 116 Å². The number of hydrogen-bond acceptors (Lipinski definition) is 6. The van der Waals surface area contributed by atoms with Crippen LogP contribution in [-0.2, 0) is 42.3 Å². The van der Waals surface area contributed by atoms with Gasteiger partial charge in [0.25, 0.3) is 0 Å². The molecule has 4 N–H and O–H groups in total. The van der Waals surface area contributed by atoms with Crippen LogP contribution in [0.5, 0.6) is 0 Å². The van der Waals surface area contributed by atoms with E-state index in [0.29, 0.717) is 17.8 Å². The first-order valence-electron chi connectivity index (χ1n) is 4.09. The van der Waals surface area contributed by atoms with Crippen molar-refractivity contribution in [2.75, 3.05) is 0 Å². The molecule has 0 amide bonds. The van der Waals surface area contributed by atoms with Crippen molar-refractivity contribution in [3.63, 3.8) is 0 Å². The Morgan fingerprint density at radius 2 is 1.44 bits per heavy atom. The summed E-state index contributed by atoms with van der Waals surface area (Å²) >= 11 is 9.10. The van der Waals surface area contributed by atoms with Crippen molar-refractivity contribution in [1.82, 2.24) is 0 Å². The van der Waals surface area contributed by atoms with Gasteiger partial charge in [0.2, 0.25) is 0 Å². The molecule has 1 radical (unpaired) electrons. The molecule has 0 heterocycles. The van der Waals surface area contributed by atoms with Gasteiger partial charge >= 0.3 is 17.1 Å². The molecule has 0 aromatic heterocycles. The third kappa shape index (κ3) is 8.54. The number of nitrogens with zero attached hydrogens (tertiary/aromatic N) is 4. The maximum atomic E-state index is 5.17. The summed E-state index contributed by atoms with van der Waals surface area (Å²) in [7, 11) is 0. The van der Waals surface area contributed by atoms with Crippen LogP contribution in [-0.4, -0.2) is 21.8 Å². The summed E-state index contributed by atoms with van der Waals surface area (Å²) < 4.78 is 0. The van der Waals surface area contributed by atoms with E-state index in [1.54, 1.807) is 6.92 Å². The van der Waals surface area contributed by atoms with E-state index in [0.717, 1.165) is 0 Å². The Bertz CT molecular complexity index is 328. The molecule has 0 aromatic rings. The molecule has 9 heteroatoms. The molecular weight excluding hydrogens is 296 g/mol. The van der Waals surface area contributed by atoms with Gasteiger partial charge in [-0.3, -0.25) is 0 Å². The second kappa shape index (κ2) is 9.46. The Hall–Kier alpha value is -0.761. The van der Waals surface area contributed by atoms with Crippen LogP contribution < -0.4 is 11.5 Å². The van der Waals surface area contributed by atoms with Crippen LogP contribution in [0.25, 0.3) is 0 Å². The molecule has 0 atom stereocenters. The van der Waals surface area contributed by atoms with E-state index in [9.17, 15) is 0 Å². The zero-order chi connectivity index (χ0) is 11.8. The Kier molecular flexibility index (Phi) is 10.4. The van der Waals surface area contributed by atoms with E-state index < -0.39 is 0 Å². The minimum Gasteiger partial charge on any atom is -0.741 e. The molecule has 0 aromatic carbocycles. The predicted octanol–water partition coefficient (Wildman–Crippen LogP) is -0.151. The van der Waals surface area contributed by atoms with Gasteiger partial charge in [-0.1, -0.05) is 6.92 Å². The zero-order valence-electron chi connectivity index (χ0n) is 8.77. The van der Waals surface area contributed by atoms with Crippen molar-refractivity contribution in [2.24, 2.45) is 31.9 Å². The SMILES string of the molecule is CCC(=N\N=C(\N)[S-])/C(C)=N/N=C(/N)[S-].[Cu+2]. The summed E-state index contributed by atoms with van der Waals surface area (Å²) in [5, 5.41) is 14.6. The van der Waals surface area contributed by atoms with Crippen molar-refractivity contribution in [2.45, 2.75) is 20.3 Å². The fraction of sp³-hybridized carbons (Fsp3) is 0.429. The average molecular weight is 308 g/mol. The van der Waals surface area contributed by atoms with Crippen LogP contribution in [0, 0.1) is 0 Å².